The fourth-order valence-electron chi connectivity index (χ4n) is 2.54. The van der Waals surface area contributed by atoms with Crippen molar-refractivity contribution in [2.45, 2.75) is 18.9 Å². The minimum atomic E-state index is -0.850. The SMILES string of the molecule is O=C(O)N1CCC(Oc2ccnc3ccc(I)cc23)CC1. The molecule has 1 aliphatic heterocycles. The zero-order valence-corrected chi connectivity index (χ0v) is 13.5. The number of carboxylic acid groups (broad SMARTS) is 1. The molecule has 0 saturated carbocycles. The topological polar surface area (TPSA) is 62.7 Å². The van der Waals surface area contributed by atoms with Crippen LogP contribution in [0.5, 0.6) is 5.75 Å². The van der Waals surface area contributed by atoms with Crippen LogP contribution in [0.25, 0.3) is 10.9 Å². The highest BCUT2D eigenvalue weighted by Crippen LogP contribution is 2.28. The Labute approximate surface area is 136 Å². The van der Waals surface area contributed by atoms with Crippen molar-refractivity contribution < 1.29 is 14.6 Å². The Kier molecular flexibility index (Phi) is 4.14. The van der Waals surface area contributed by atoms with Crippen molar-refractivity contribution in [2.75, 3.05) is 13.1 Å². The second-order valence-electron chi connectivity index (χ2n) is 5.06. The molecule has 110 valence electrons. The monoisotopic (exact) mass is 398 g/mol. The summed E-state index contributed by atoms with van der Waals surface area (Å²) in [6.07, 6.45) is 2.40. The quantitative estimate of drug-likeness (QED) is 0.789. The number of fused-ring (bicyclic) bond motifs is 1. The van der Waals surface area contributed by atoms with Crippen LogP contribution >= 0.6 is 22.6 Å². The van der Waals surface area contributed by atoms with E-state index in [0.717, 1.165) is 33.1 Å². The van der Waals surface area contributed by atoms with E-state index in [1.54, 1.807) is 6.20 Å². The Morgan fingerprint density at radius 1 is 1.33 bits per heavy atom. The van der Waals surface area contributed by atoms with Gasteiger partial charge in [-0.15, -0.1) is 0 Å². The van der Waals surface area contributed by atoms with Crippen molar-refractivity contribution in [3.8, 4) is 5.75 Å². The average Bonchev–Trinajstić information content (AvgIpc) is 2.48. The summed E-state index contributed by atoms with van der Waals surface area (Å²) >= 11 is 2.27. The lowest BCUT2D eigenvalue weighted by molar-refractivity contribution is 0.0902. The van der Waals surface area contributed by atoms with Gasteiger partial charge in [-0.3, -0.25) is 4.98 Å². The van der Waals surface area contributed by atoms with E-state index < -0.39 is 6.09 Å². The highest BCUT2D eigenvalue weighted by Gasteiger charge is 2.23. The second kappa shape index (κ2) is 6.05. The molecule has 21 heavy (non-hydrogen) atoms. The number of hydrogen-bond acceptors (Lipinski definition) is 3. The van der Waals surface area contributed by atoms with Gasteiger partial charge in [0.05, 0.1) is 5.52 Å². The van der Waals surface area contributed by atoms with Crippen LogP contribution in [0.2, 0.25) is 0 Å². The van der Waals surface area contributed by atoms with Gasteiger partial charge in [0.1, 0.15) is 11.9 Å². The number of carbonyl (C=O) groups is 1. The summed E-state index contributed by atoms with van der Waals surface area (Å²) in [5.41, 5.74) is 0.913. The second-order valence-corrected chi connectivity index (χ2v) is 6.30. The van der Waals surface area contributed by atoms with E-state index in [2.05, 4.69) is 33.6 Å². The number of hydrogen-bond donors (Lipinski definition) is 1. The fourth-order valence-corrected chi connectivity index (χ4v) is 3.03. The Hall–Kier alpha value is -1.57. The first kappa shape index (κ1) is 14.4. The fraction of sp³-hybridized carbons (Fsp3) is 0.333. The minimum Gasteiger partial charge on any atom is -0.490 e. The normalized spacial score (nSPS) is 16.1. The van der Waals surface area contributed by atoms with E-state index in [1.165, 1.54) is 4.90 Å². The minimum absolute atomic E-state index is 0.0593. The molecule has 3 rings (SSSR count). The van der Waals surface area contributed by atoms with Crippen LogP contribution in [0.1, 0.15) is 12.8 Å². The zero-order chi connectivity index (χ0) is 14.8. The molecule has 2 heterocycles. The molecule has 1 aromatic carbocycles. The maximum absolute atomic E-state index is 10.9. The number of nitrogens with zero attached hydrogens (tertiary/aromatic N) is 2. The van der Waals surface area contributed by atoms with E-state index in [-0.39, 0.29) is 6.10 Å². The number of likely N-dealkylation sites (tertiary alicyclic amines) is 1. The van der Waals surface area contributed by atoms with Crippen LogP contribution in [0.15, 0.2) is 30.5 Å². The lowest BCUT2D eigenvalue weighted by Crippen LogP contribution is -2.41. The molecule has 5 nitrogen and oxygen atoms in total. The van der Waals surface area contributed by atoms with Crippen molar-refractivity contribution in [3.63, 3.8) is 0 Å². The number of halogens is 1. The number of aromatic nitrogens is 1. The van der Waals surface area contributed by atoms with Crippen LogP contribution in [-0.2, 0) is 0 Å². The van der Waals surface area contributed by atoms with Gasteiger partial charge >= 0.3 is 6.09 Å². The maximum atomic E-state index is 10.9. The van der Waals surface area contributed by atoms with Crippen LogP contribution in [0.3, 0.4) is 0 Å². The summed E-state index contributed by atoms with van der Waals surface area (Å²) in [6, 6.07) is 7.94. The standard InChI is InChI=1S/C15H15IN2O3/c16-10-1-2-13-12(9-10)14(3-6-17-13)21-11-4-7-18(8-5-11)15(19)20/h1-3,6,9,11H,4-5,7-8H2,(H,19,20). The molecule has 6 heteroatoms. The first-order chi connectivity index (χ1) is 10.1. The Balaban J connectivity index is 1.77. The summed E-state index contributed by atoms with van der Waals surface area (Å²) in [5, 5.41) is 9.97. The molecule has 1 N–H and O–H groups in total. The maximum Gasteiger partial charge on any atom is 0.407 e. The third-order valence-electron chi connectivity index (χ3n) is 3.67. The molecule has 0 aliphatic carbocycles. The number of benzene rings is 1. The van der Waals surface area contributed by atoms with Gasteiger partial charge in [-0.05, 0) is 46.9 Å². The van der Waals surface area contributed by atoms with E-state index >= 15 is 0 Å². The molecule has 1 aromatic heterocycles. The Morgan fingerprint density at radius 2 is 2.10 bits per heavy atom. The predicted octanol–water partition coefficient (Wildman–Crippen LogP) is 3.36. The van der Waals surface area contributed by atoms with Gasteiger partial charge < -0.3 is 14.7 Å². The van der Waals surface area contributed by atoms with Crippen LogP contribution < -0.4 is 4.74 Å². The van der Waals surface area contributed by atoms with Gasteiger partial charge in [0, 0.05) is 41.1 Å². The summed E-state index contributed by atoms with van der Waals surface area (Å²) in [5.74, 6) is 0.826. The summed E-state index contributed by atoms with van der Waals surface area (Å²) in [4.78, 5) is 16.7. The summed E-state index contributed by atoms with van der Waals surface area (Å²) in [7, 11) is 0. The van der Waals surface area contributed by atoms with Gasteiger partial charge in [0.15, 0.2) is 0 Å². The molecule has 0 atom stereocenters. The van der Waals surface area contributed by atoms with Crippen LogP contribution in [0, 0.1) is 3.57 Å². The highest BCUT2D eigenvalue weighted by atomic mass is 127. The molecule has 0 bridgehead atoms. The molecule has 1 fully saturated rings. The van der Waals surface area contributed by atoms with Crippen molar-refractivity contribution in [1.29, 1.82) is 0 Å². The van der Waals surface area contributed by atoms with E-state index in [1.807, 2.05) is 18.2 Å². The number of ether oxygens (including phenoxy) is 1. The lowest BCUT2D eigenvalue weighted by atomic mass is 10.1. The van der Waals surface area contributed by atoms with E-state index in [4.69, 9.17) is 9.84 Å². The van der Waals surface area contributed by atoms with Gasteiger partial charge in [0.2, 0.25) is 0 Å². The van der Waals surface area contributed by atoms with Gasteiger partial charge in [0.25, 0.3) is 0 Å². The van der Waals surface area contributed by atoms with Crippen molar-refractivity contribution in [1.82, 2.24) is 9.88 Å². The number of rotatable bonds is 2. The first-order valence-corrected chi connectivity index (χ1v) is 7.90. The van der Waals surface area contributed by atoms with Gasteiger partial charge in [-0.2, -0.15) is 0 Å². The highest BCUT2D eigenvalue weighted by molar-refractivity contribution is 14.1. The van der Waals surface area contributed by atoms with Gasteiger partial charge in [-0.25, -0.2) is 4.79 Å². The number of piperidine rings is 1. The zero-order valence-electron chi connectivity index (χ0n) is 11.3. The predicted molar refractivity (Wildman–Crippen MR) is 87.7 cm³/mol. The van der Waals surface area contributed by atoms with Crippen molar-refractivity contribution >= 4 is 39.6 Å². The third-order valence-corrected chi connectivity index (χ3v) is 4.34. The molecule has 0 unspecified atom stereocenters. The smallest absolute Gasteiger partial charge is 0.407 e. The van der Waals surface area contributed by atoms with Crippen molar-refractivity contribution in [3.05, 3.63) is 34.0 Å². The molecular formula is C15H15IN2O3. The molecular weight excluding hydrogens is 383 g/mol. The largest absolute Gasteiger partial charge is 0.490 e. The van der Waals surface area contributed by atoms with Gasteiger partial charge in [-0.1, -0.05) is 0 Å². The van der Waals surface area contributed by atoms with Crippen molar-refractivity contribution in [2.24, 2.45) is 0 Å². The van der Waals surface area contributed by atoms with E-state index in [0.29, 0.717) is 13.1 Å². The average molecular weight is 398 g/mol. The number of pyridine rings is 1. The third kappa shape index (κ3) is 3.20. The van der Waals surface area contributed by atoms with Crippen LogP contribution in [-0.4, -0.2) is 40.3 Å². The molecule has 2 aromatic rings. The molecule has 0 radical (unpaired) electrons. The Bertz CT molecular complexity index is 669. The molecule has 1 amide bonds. The number of amides is 1. The Morgan fingerprint density at radius 3 is 2.81 bits per heavy atom. The molecule has 1 saturated heterocycles. The molecule has 0 spiro atoms. The van der Waals surface area contributed by atoms with E-state index in [9.17, 15) is 4.79 Å². The lowest BCUT2D eigenvalue weighted by Gasteiger charge is -2.30. The summed E-state index contributed by atoms with van der Waals surface area (Å²) < 4.78 is 7.23. The van der Waals surface area contributed by atoms with Crippen LogP contribution in [0.4, 0.5) is 4.79 Å². The first-order valence-electron chi connectivity index (χ1n) is 6.82. The molecule has 1 aliphatic rings. The summed E-state index contributed by atoms with van der Waals surface area (Å²) in [6.45, 7) is 1.06.